The summed E-state index contributed by atoms with van der Waals surface area (Å²) in [5.41, 5.74) is 3.06. The van der Waals surface area contributed by atoms with Gasteiger partial charge in [-0.05, 0) is 51.7 Å². The number of Topliss-reactive ketones (excluding diaryl/α,β-unsaturated/α-hetero) is 1. The lowest BCUT2D eigenvalue weighted by atomic mass is 10.0. The average Bonchev–Trinajstić information content (AvgIpc) is 2.35. The topological polar surface area (TPSA) is 43.4 Å². The highest BCUT2D eigenvalue weighted by atomic mass is 16.5. The van der Waals surface area contributed by atoms with E-state index < -0.39 is 0 Å². The molecule has 20 heavy (non-hydrogen) atoms. The third kappa shape index (κ3) is 10.3. The summed E-state index contributed by atoms with van der Waals surface area (Å²) in [6.45, 7) is 11.2. The van der Waals surface area contributed by atoms with Gasteiger partial charge in [0, 0.05) is 13.3 Å². The van der Waals surface area contributed by atoms with Crippen molar-refractivity contribution >= 4 is 11.8 Å². The molecule has 0 unspecified atom stereocenters. The van der Waals surface area contributed by atoms with Gasteiger partial charge in [0.15, 0.2) is 5.78 Å². The molecular weight excluding hydrogens is 252 g/mol. The predicted octanol–water partition coefficient (Wildman–Crippen LogP) is 4.15. The SMILES string of the molecule is C=C(C)C(=O)CC/C(C)=C/CC/C(C)=C/COC(C)=O. The van der Waals surface area contributed by atoms with Gasteiger partial charge in [0.1, 0.15) is 6.61 Å². The van der Waals surface area contributed by atoms with Gasteiger partial charge in [-0.1, -0.05) is 23.8 Å². The molecule has 0 aliphatic carbocycles. The largest absolute Gasteiger partial charge is 0.462 e. The number of esters is 1. The first kappa shape index (κ1) is 18.4. The molecule has 0 aliphatic heterocycles. The molecule has 0 rings (SSSR count). The molecule has 0 amide bonds. The minimum Gasteiger partial charge on any atom is -0.462 e. The van der Waals surface area contributed by atoms with Crippen LogP contribution in [0.3, 0.4) is 0 Å². The van der Waals surface area contributed by atoms with Gasteiger partial charge in [-0.15, -0.1) is 0 Å². The van der Waals surface area contributed by atoms with E-state index in [1.807, 2.05) is 19.9 Å². The molecule has 0 aliphatic rings. The Kier molecular flexibility index (Phi) is 9.35. The fourth-order valence-corrected chi connectivity index (χ4v) is 1.58. The van der Waals surface area contributed by atoms with Gasteiger partial charge < -0.3 is 4.74 Å². The molecule has 0 saturated heterocycles. The van der Waals surface area contributed by atoms with E-state index in [9.17, 15) is 9.59 Å². The Morgan fingerprint density at radius 1 is 0.950 bits per heavy atom. The maximum absolute atomic E-state index is 11.4. The highest BCUT2D eigenvalue weighted by Gasteiger charge is 2.02. The fourth-order valence-electron chi connectivity index (χ4n) is 1.58. The van der Waals surface area contributed by atoms with Crippen molar-refractivity contribution in [1.82, 2.24) is 0 Å². The van der Waals surface area contributed by atoms with Gasteiger partial charge in [-0.2, -0.15) is 0 Å². The number of hydrogen-bond donors (Lipinski definition) is 0. The lowest BCUT2D eigenvalue weighted by Crippen LogP contribution is -1.98. The predicted molar refractivity (Wildman–Crippen MR) is 82.4 cm³/mol. The van der Waals surface area contributed by atoms with Crippen LogP contribution < -0.4 is 0 Å². The van der Waals surface area contributed by atoms with E-state index in [1.54, 1.807) is 6.92 Å². The van der Waals surface area contributed by atoms with E-state index in [0.717, 1.165) is 19.3 Å². The van der Waals surface area contributed by atoms with Crippen molar-refractivity contribution in [3.8, 4) is 0 Å². The molecule has 3 heteroatoms. The summed E-state index contributed by atoms with van der Waals surface area (Å²) in [6.07, 6.45) is 7.30. The number of rotatable bonds is 9. The van der Waals surface area contributed by atoms with E-state index >= 15 is 0 Å². The summed E-state index contributed by atoms with van der Waals surface area (Å²) < 4.78 is 4.85. The Morgan fingerprint density at radius 3 is 2.10 bits per heavy atom. The van der Waals surface area contributed by atoms with Crippen LogP contribution in [0.4, 0.5) is 0 Å². The van der Waals surface area contributed by atoms with Crippen molar-refractivity contribution in [3.63, 3.8) is 0 Å². The van der Waals surface area contributed by atoms with Gasteiger partial charge in [0.25, 0.3) is 0 Å². The first-order chi connectivity index (χ1) is 9.32. The van der Waals surface area contributed by atoms with E-state index in [2.05, 4.69) is 12.7 Å². The molecule has 0 N–H and O–H groups in total. The van der Waals surface area contributed by atoms with Crippen LogP contribution in [0.15, 0.2) is 35.5 Å². The molecule has 0 fully saturated rings. The van der Waals surface area contributed by atoms with E-state index in [1.165, 1.54) is 18.1 Å². The second-order valence-corrected chi connectivity index (χ2v) is 5.15. The molecule has 3 nitrogen and oxygen atoms in total. The monoisotopic (exact) mass is 278 g/mol. The van der Waals surface area contributed by atoms with Crippen molar-refractivity contribution in [3.05, 3.63) is 35.5 Å². The summed E-state index contributed by atoms with van der Waals surface area (Å²) >= 11 is 0. The van der Waals surface area contributed by atoms with Crippen LogP contribution in [0.25, 0.3) is 0 Å². The Bertz CT molecular complexity index is 414. The van der Waals surface area contributed by atoms with Gasteiger partial charge in [0.2, 0.25) is 0 Å². The Morgan fingerprint density at radius 2 is 1.55 bits per heavy atom. The van der Waals surface area contributed by atoms with Crippen LogP contribution in [-0.4, -0.2) is 18.4 Å². The van der Waals surface area contributed by atoms with E-state index in [-0.39, 0.29) is 11.8 Å². The molecule has 0 atom stereocenters. The van der Waals surface area contributed by atoms with Crippen molar-refractivity contribution < 1.29 is 14.3 Å². The van der Waals surface area contributed by atoms with Crippen molar-refractivity contribution in [2.75, 3.05) is 6.61 Å². The Balaban J connectivity index is 3.95. The smallest absolute Gasteiger partial charge is 0.302 e. The van der Waals surface area contributed by atoms with Crippen LogP contribution in [-0.2, 0) is 14.3 Å². The molecule has 0 heterocycles. The molecule has 0 spiro atoms. The number of ether oxygens (including phenoxy) is 1. The number of carbonyl (C=O) groups is 2. The standard InChI is InChI=1S/C17H26O3/c1-13(2)17(19)10-9-14(3)7-6-8-15(4)11-12-20-16(5)18/h7,11H,1,6,8-10,12H2,2-5H3/b14-7+,15-11+. The highest BCUT2D eigenvalue weighted by Crippen LogP contribution is 2.11. The third-order valence-corrected chi connectivity index (χ3v) is 2.97. The van der Waals surface area contributed by atoms with E-state index in [0.29, 0.717) is 18.6 Å². The second kappa shape index (κ2) is 10.2. The molecule has 0 saturated carbocycles. The summed E-state index contributed by atoms with van der Waals surface area (Å²) in [6, 6.07) is 0. The van der Waals surface area contributed by atoms with Gasteiger partial charge in [0.05, 0.1) is 0 Å². The average molecular weight is 278 g/mol. The molecule has 0 radical (unpaired) electrons. The van der Waals surface area contributed by atoms with Gasteiger partial charge in [-0.3, -0.25) is 9.59 Å². The number of allylic oxidation sites excluding steroid dienone is 4. The lowest BCUT2D eigenvalue weighted by molar-refractivity contribution is -0.139. The van der Waals surface area contributed by atoms with Crippen LogP contribution >= 0.6 is 0 Å². The van der Waals surface area contributed by atoms with Crippen molar-refractivity contribution in [1.29, 1.82) is 0 Å². The summed E-state index contributed by atoms with van der Waals surface area (Å²) in [5, 5.41) is 0. The zero-order valence-corrected chi connectivity index (χ0v) is 13.1. The van der Waals surface area contributed by atoms with Crippen LogP contribution in [0.5, 0.6) is 0 Å². The van der Waals surface area contributed by atoms with Crippen molar-refractivity contribution in [2.45, 2.75) is 53.4 Å². The number of hydrogen-bond acceptors (Lipinski definition) is 3. The Labute approximate surface area is 122 Å². The summed E-state index contributed by atoms with van der Waals surface area (Å²) in [5.74, 6) is -0.123. The fraction of sp³-hybridized carbons (Fsp3) is 0.529. The number of carbonyl (C=O) groups excluding carboxylic acids is 2. The maximum atomic E-state index is 11.4. The summed E-state index contributed by atoms with van der Waals surface area (Å²) in [4.78, 5) is 22.0. The van der Waals surface area contributed by atoms with Crippen LogP contribution in [0, 0.1) is 0 Å². The zero-order chi connectivity index (χ0) is 15.5. The van der Waals surface area contributed by atoms with Gasteiger partial charge >= 0.3 is 5.97 Å². The van der Waals surface area contributed by atoms with Gasteiger partial charge in [-0.25, -0.2) is 0 Å². The highest BCUT2D eigenvalue weighted by molar-refractivity contribution is 5.94. The molecule has 0 aromatic heterocycles. The minimum atomic E-state index is -0.257. The zero-order valence-electron chi connectivity index (χ0n) is 13.1. The van der Waals surface area contributed by atoms with Crippen molar-refractivity contribution in [2.24, 2.45) is 0 Å². The Hall–Kier alpha value is -1.64. The van der Waals surface area contributed by atoms with E-state index in [4.69, 9.17) is 4.74 Å². The molecule has 0 aromatic carbocycles. The number of ketones is 1. The summed E-state index contributed by atoms with van der Waals surface area (Å²) in [7, 11) is 0. The molecule has 0 aromatic rings. The molecular formula is C17H26O3. The lowest BCUT2D eigenvalue weighted by Gasteiger charge is -2.03. The third-order valence-electron chi connectivity index (χ3n) is 2.97. The first-order valence-corrected chi connectivity index (χ1v) is 6.96. The normalized spacial score (nSPS) is 12.2. The molecule has 112 valence electrons. The first-order valence-electron chi connectivity index (χ1n) is 6.96. The quantitative estimate of drug-likeness (QED) is 0.361. The molecule has 0 bridgehead atoms. The minimum absolute atomic E-state index is 0.134. The van der Waals surface area contributed by atoms with Crippen LogP contribution in [0.2, 0.25) is 0 Å². The maximum Gasteiger partial charge on any atom is 0.302 e. The second-order valence-electron chi connectivity index (χ2n) is 5.15. The van der Waals surface area contributed by atoms with Crippen LogP contribution in [0.1, 0.15) is 53.4 Å².